The summed E-state index contributed by atoms with van der Waals surface area (Å²) in [5.74, 6) is 1.09. The van der Waals surface area contributed by atoms with Gasteiger partial charge in [0.15, 0.2) is 0 Å². The first kappa shape index (κ1) is 14.3. The molecule has 0 aliphatic heterocycles. The fourth-order valence-corrected chi connectivity index (χ4v) is 2.25. The number of methoxy groups -OCH3 is 1. The largest absolute Gasteiger partial charge is 0.383 e. The third-order valence-corrected chi connectivity index (χ3v) is 3.59. The van der Waals surface area contributed by atoms with E-state index in [0.29, 0.717) is 0 Å². The summed E-state index contributed by atoms with van der Waals surface area (Å²) in [5.41, 5.74) is 3.71. The second-order valence-corrected chi connectivity index (χ2v) is 5.45. The van der Waals surface area contributed by atoms with Crippen molar-refractivity contribution in [2.24, 2.45) is 0 Å². The average Bonchev–Trinajstić information content (AvgIpc) is 3.18. The molecule has 0 spiro atoms. The van der Waals surface area contributed by atoms with Crippen molar-refractivity contribution < 1.29 is 4.74 Å². The van der Waals surface area contributed by atoms with Crippen molar-refractivity contribution in [3.05, 3.63) is 22.9 Å². The maximum Gasteiger partial charge on any atom is 0.133 e. The average molecular weight is 263 g/mol. The molecular formula is C15H25N3O. The van der Waals surface area contributed by atoms with Crippen molar-refractivity contribution in [2.45, 2.75) is 39.3 Å². The molecule has 1 aliphatic rings. The number of ether oxygens (including phenoxy) is 1. The van der Waals surface area contributed by atoms with Gasteiger partial charge in [0.2, 0.25) is 0 Å². The molecule has 2 rings (SSSR count). The minimum Gasteiger partial charge on any atom is -0.383 e. The standard InChI is InChI=1S/C15H25N3O/c1-11-9-12(2)17-15(18(3)7-8-19-4)14(11)10-16-13-5-6-13/h9,13,16H,5-8,10H2,1-4H3. The van der Waals surface area contributed by atoms with Crippen LogP contribution in [0.2, 0.25) is 0 Å². The van der Waals surface area contributed by atoms with Gasteiger partial charge in [0, 0.05) is 44.5 Å². The zero-order chi connectivity index (χ0) is 13.8. The van der Waals surface area contributed by atoms with Gasteiger partial charge in [-0.25, -0.2) is 4.98 Å². The van der Waals surface area contributed by atoms with E-state index in [9.17, 15) is 0 Å². The Balaban J connectivity index is 2.16. The molecule has 1 aromatic heterocycles. The predicted octanol–water partition coefficient (Wildman–Crippen LogP) is 2.03. The number of nitrogens with zero attached hydrogens (tertiary/aromatic N) is 2. The number of aromatic nitrogens is 1. The second-order valence-electron chi connectivity index (χ2n) is 5.45. The molecule has 19 heavy (non-hydrogen) atoms. The summed E-state index contributed by atoms with van der Waals surface area (Å²) in [6, 6.07) is 2.88. The molecule has 1 heterocycles. The molecule has 0 saturated heterocycles. The van der Waals surface area contributed by atoms with Gasteiger partial charge in [-0.15, -0.1) is 0 Å². The first-order valence-electron chi connectivity index (χ1n) is 7.02. The van der Waals surface area contributed by atoms with Crippen molar-refractivity contribution in [2.75, 3.05) is 32.2 Å². The van der Waals surface area contributed by atoms with Gasteiger partial charge in [0.25, 0.3) is 0 Å². The first-order valence-corrected chi connectivity index (χ1v) is 7.02. The minimum atomic E-state index is 0.720. The molecule has 1 N–H and O–H groups in total. The van der Waals surface area contributed by atoms with E-state index in [1.54, 1.807) is 7.11 Å². The van der Waals surface area contributed by atoms with Crippen molar-refractivity contribution in [3.63, 3.8) is 0 Å². The monoisotopic (exact) mass is 263 g/mol. The van der Waals surface area contributed by atoms with Crippen molar-refractivity contribution >= 4 is 5.82 Å². The van der Waals surface area contributed by atoms with Gasteiger partial charge in [-0.2, -0.15) is 0 Å². The van der Waals surface area contributed by atoms with Crippen LogP contribution in [0, 0.1) is 13.8 Å². The van der Waals surface area contributed by atoms with Crippen LogP contribution in [0.1, 0.15) is 29.7 Å². The van der Waals surface area contributed by atoms with Gasteiger partial charge in [-0.3, -0.25) is 0 Å². The van der Waals surface area contributed by atoms with E-state index >= 15 is 0 Å². The summed E-state index contributed by atoms with van der Waals surface area (Å²) < 4.78 is 5.16. The SMILES string of the molecule is COCCN(C)c1nc(C)cc(C)c1CNC1CC1. The van der Waals surface area contributed by atoms with E-state index < -0.39 is 0 Å². The van der Waals surface area contributed by atoms with Crippen molar-refractivity contribution in [1.29, 1.82) is 0 Å². The molecule has 1 fully saturated rings. The van der Waals surface area contributed by atoms with Crippen molar-refractivity contribution in [3.8, 4) is 0 Å². The Morgan fingerprint density at radius 1 is 1.42 bits per heavy atom. The van der Waals surface area contributed by atoms with Crippen molar-refractivity contribution in [1.82, 2.24) is 10.3 Å². The molecule has 0 bridgehead atoms. The molecule has 0 atom stereocenters. The van der Waals surface area contributed by atoms with E-state index in [1.165, 1.54) is 24.0 Å². The number of pyridine rings is 1. The highest BCUT2D eigenvalue weighted by molar-refractivity contribution is 5.51. The normalized spacial score (nSPS) is 14.7. The van der Waals surface area contributed by atoms with Crippen LogP contribution in [-0.2, 0) is 11.3 Å². The number of nitrogens with one attached hydrogen (secondary N) is 1. The van der Waals surface area contributed by atoms with Gasteiger partial charge in [0.1, 0.15) is 5.82 Å². The molecule has 4 heteroatoms. The lowest BCUT2D eigenvalue weighted by atomic mass is 10.1. The Labute approximate surface area is 116 Å². The smallest absolute Gasteiger partial charge is 0.133 e. The summed E-state index contributed by atoms with van der Waals surface area (Å²) >= 11 is 0. The summed E-state index contributed by atoms with van der Waals surface area (Å²) in [6.07, 6.45) is 2.63. The molecule has 0 aromatic carbocycles. The maximum atomic E-state index is 5.16. The lowest BCUT2D eigenvalue weighted by Crippen LogP contribution is -2.27. The van der Waals surface area contributed by atoms with E-state index in [0.717, 1.165) is 37.3 Å². The first-order chi connectivity index (χ1) is 9.11. The molecule has 0 unspecified atom stereocenters. The van der Waals surface area contributed by atoms with E-state index in [-0.39, 0.29) is 0 Å². The van der Waals surface area contributed by atoms with Crippen LogP contribution in [0.25, 0.3) is 0 Å². The quantitative estimate of drug-likeness (QED) is 0.817. The third-order valence-electron chi connectivity index (χ3n) is 3.59. The van der Waals surface area contributed by atoms with Gasteiger partial charge in [-0.1, -0.05) is 0 Å². The Kier molecular flexibility index (Phi) is 4.77. The number of aryl methyl sites for hydroxylation is 2. The Morgan fingerprint density at radius 3 is 2.79 bits per heavy atom. The third kappa shape index (κ3) is 3.91. The Bertz CT molecular complexity index is 430. The topological polar surface area (TPSA) is 37.4 Å². The highest BCUT2D eigenvalue weighted by Gasteiger charge is 2.21. The van der Waals surface area contributed by atoms with Crippen LogP contribution in [0.15, 0.2) is 6.07 Å². The van der Waals surface area contributed by atoms with Crippen LogP contribution in [-0.4, -0.2) is 38.3 Å². The fraction of sp³-hybridized carbons (Fsp3) is 0.667. The van der Waals surface area contributed by atoms with E-state index in [4.69, 9.17) is 9.72 Å². The fourth-order valence-electron chi connectivity index (χ4n) is 2.25. The summed E-state index contributed by atoms with van der Waals surface area (Å²) in [5, 5.41) is 3.59. The number of hydrogen-bond donors (Lipinski definition) is 1. The van der Waals surface area contributed by atoms with Crippen LogP contribution >= 0.6 is 0 Å². The number of likely N-dealkylation sites (N-methyl/N-ethyl adjacent to an activating group) is 1. The predicted molar refractivity (Wildman–Crippen MR) is 78.7 cm³/mol. The minimum absolute atomic E-state index is 0.720. The van der Waals surface area contributed by atoms with Gasteiger partial charge in [-0.05, 0) is 38.3 Å². The zero-order valence-corrected chi connectivity index (χ0v) is 12.5. The van der Waals surface area contributed by atoms with E-state index in [2.05, 4.69) is 37.2 Å². The van der Waals surface area contributed by atoms with Crippen LogP contribution in [0.5, 0.6) is 0 Å². The molecule has 4 nitrogen and oxygen atoms in total. The number of rotatable bonds is 7. The van der Waals surface area contributed by atoms with Gasteiger partial charge >= 0.3 is 0 Å². The lowest BCUT2D eigenvalue weighted by Gasteiger charge is -2.23. The highest BCUT2D eigenvalue weighted by Crippen LogP contribution is 2.24. The lowest BCUT2D eigenvalue weighted by molar-refractivity contribution is 0.206. The molecular weight excluding hydrogens is 238 g/mol. The Hall–Kier alpha value is -1.13. The summed E-state index contributed by atoms with van der Waals surface area (Å²) in [7, 11) is 3.82. The highest BCUT2D eigenvalue weighted by atomic mass is 16.5. The zero-order valence-electron chi connectivity index (χ0n) is 12.5. The second kappa shape index (κ2) is 6.35. The Morgan fingerprint density at radius 2 is 2.16 bits per heavy atom. The molecule has 1 aromatic rings. The molecule has 106 valence electrons. The van der Waals surface area contributed by atoms with Crippen LogP contribution in [0.3, 0.4) is 0 Å². The number of hydrogen-bond acceptors (Lipinski definition) is 4. The van der Waals surface area contributed by atoms with E-state index in [1.807, 2.05) is 0 Å². The summed E-state index contributed by atoms with van der Waals surface area (Å²) in [6.45, 7) is 6.73. The van der Waals surface area contributed by atoms with Gasteiger partial charge < -0.3 is 15.0 Å². The van der Waals surface area contributed by atoms with Crippen LogP contribution in [0.4, 0.5) is 5.82 Å². The molecule has 1 saturated carbocycles. The molecule has 1 aliphatic carbocycles. The van der Waals surface area contributed by atoms with Gasteiger partial charge in [0.05, 0.1) is 6.61 Å². The molecule has 0 radical (unpaired) electrons. The maximum absolute atomic E-state index is 5.16. The molecule has 0 amide bonds. The number of anilines is 1. The summed E-state index contributed by atoms with van der Waals surface area (Å²) in [4.78, 5) is 6.90. The van der Waals surface area contributed by atoms with Crippen LogP contribution < -0.4 is 10.2 Å².